The number of likely N-dealkylation sites (tertiary alicyclic amines) is 1. The van der Waals surface area contributed by atoms with E-state index in [1.807, 2.05) is 0 Å². The lowest BCUT2D eigenvalue weighted by atomic mass is 10.4. The molecule has 0 radical (unpaired) electrons. The van der Waals surface area contributed by atoms with Crippen molar-refractivity contribution < 1.29 is 19.1 Å². The van der Waals surface area contributed by atoms with Gasteiger partial charge in [0, 0.05) is 19.5 Å². The fourth-order valence-corrected chi connectivity index (χ4v) is 1.91. The normalized spacial score (nSPS) is 14.4. The van der Waals surface area contributed by atoms with Gasteiger partial charge in [-0.05, 0) is 13.3 Å². The van der Waals surface area contributed by atoms with E-state index >= 15 is 0 Å². The number of carbonyl (C=O) groups excluding carboxylic acids is 3. The zero-order valence-electron chi connectivity index (χ0n) is 11.3. The van der Waals surface area contributed by atoms with Crippen molar-refractivity contribution in [1.82, 2.24) is 9.80 Å². The van der Waals surface area contributed by atoms with E-state index in [9.17, 15) is 14.4 Å². The minimum Gasteiger partial charge on any atom is -0.465 e. The van der Waals surface area contributed by atoms with E-state index < -0.39 is 5.97 Å². The van der Waals surface area contributed by atoms with Crippen molar-refractivity contribution in [3.63, 3.8) is 0 Å². The van der Waals surface area contributed by atoms with Crippen molar-refractivity contribution in [2.75, 3.05) is 32.8 Å². The maximum Gasteiger partial charge on any atom is 0.325 e. The van der Waals surface area contributed by atoms with Crippen molar-refractivity contribution in [2.24, 2.45) is 0 Å². The summed E-state index contributed by atoms with van der Waals surface area (Å²) in [6.07, 6.45) is 2.82. The summed E-state index contributed by atoms with van der Waals surface area (Å²) in [5.74, 6) is -0.725. The zero-order valence-corrected chi connectivity index (χ0v) is 11.3. The van der Waals surface area contributed by atoms with Gasteiger partial charge in [-0.15, -0.1) is 6.58 Å². The first-order valence-corrected chi connectivity index (χ1v) is 6.40. The number of hydrogen-bond donors (Lipinski definition) is 0. The Bertz CT molecular complexity index is 368. The summed E-state index contributed by atoms with van der Waals surface area (Å²) in [5, 5.41) is 0. The average Bonchev–Trinajstić information content (AvgIpc) is 2.75. The summed E-state index contributed by atoms with van der Waals surface area (Å²) in [6.45, 7) is 6.32. The van der Waals surface area contributed by atoms with E-state index in [0.717, 1.165) is 6.42 Å². The van der Waals surface area contributed by atoms with Crippen molar-refractivity contribution in [1.29, 1.82) is 0 Å². The number of hydrogen-bond acceptors (Lipinski definition) is 4. The number of ether oxygens (including phenoxy) is 1. The third-order valence-electron chi connectivity index (χ3n) is 2.82. The summed E-state index contributed by atoms with van der Waals surface area (Å²) in [6, 6.07) is 0. The van der Waals surface area contributed by atoms with Crippen LogP contribution in [0.2, 0.25) is 0 Å². The van der Waals surface area contributed by atoms with Gasteiger partial charge in [-0.1, -0.05) is 6.08 Å². The second-order valence-electron chi connectivity index (χ2n) is 4.29. The molecule has 1 heterocycles. The predicted molar refractivity (Wildman–Crippen MR) is 69.2 cm³/mol. The lowest BCUT2D eigenvalue weighted by Crippen LogP contribution is -2.43. The van der Waals surface area contributed by atoms with Gasteiger partial charge in [0.05, 0.1) is 13.2 Å². The SMILES string of the molecule is C=CCN(CC(=O)OCC)C(=O)CN1CCCC1=O. The minimum absolute atomic E-state index is 0.0111. The topological polar surface area (TPSA) is 66.9 Å². The molecule has 1 fully saturated rings. The van der Waals surface area contributed by atoms with Crippen LogP contribution in [0.15, 0.2) is 12.7 Å². The van der Waals surface area contributed by atoms with Gasteiger partial charge in [0.25, 0.3) is 0 Å². The Morgan fingerprint density at radius 1 is 1.53 bits per heavy atom. The summed E-state index contributed by atoms with van der Waals surface area (Å²) in [4.78, 5) is 37.8. The van der Waals surface area contributed by atoms with Crippen molar-refractivity contribution in [3.8, 4) is 0 Å². The number of rotatable bonds is 7. The molecule has 1 aliphatic rings. The standard InChI is InChI=1S/C13H20N2O4/c1-3-7-14(10-13(18)19-4-2)12(17)9-15-8-5-6-11(15)16/h3H,1,4-10H2,2H3. The highest BCUT2D eigenvalue weighted by atomic mass is 16.5. The van der Waals surface area contributed by atoms with Gasteiger partial charge in [0.15, 0.2) is 0 Å². The molecule has 0 spiro atoms. The molecule has 6 heteroatoms. The Kier molecular flexibility index (Phi) is 6.05. The molecule has 0 atom stereocenters. The van der Waals surface area contributed by atoms with Crippen LogP contribution in [0, 0.1) is 0 Å². The Morgan fingerprint density at radius 2 is 2.26 bits per heavy atom. The zero-order chi connectivity index (χ0) is 14.3. The quantitative estimate of drug-likeness (QED) is 0.488. The summed E-state index contributed by atoms with van der Waals surface area (Å²) < 4.78 is 4.81. The summed E-state index contributed by atoms with van der Waals surface area (Å²) in [7, 11) is 0. The average molecular weight is 268 g/mol. The molecule has 0 saturated carbocycles. The lowest BCUT2D eigenvalue weighted by Gasteiger charge is -2.23. The van der Waals surface area contributed by atoms with Crippen LogP contribution >= 0.6 is 0 Å². The smallest absolute Gasteiger partial charge is 0.325 e. The number of carbonyl (C=O) groups is 3. The van der Waals surface area contributed by atoms with E-state index in [1.54, 1.807) is 13.0 Å². The number of amides is 2. The molecule has 0 N–H and O–H groups in total. The van der Waals surface area contributed by atoms with Crippen LogP contribution in [0.1, 0.15) is 19.8 Å². The van der Waals surface area contributed by atoms with Crippen LogP contribution in [0.25, 0.3) is 0 Å². The molecule has 0 bridgehead atoms. The first-order chi connectivity index (χ1) is 9.08. The molecule has 0 aromatic carbocycles. The Hall–Kier alpha value is -1.85. The predicted octanol–water partition coefficient (Wildman–Crippen LogP) is 0.187. The molecular weight excluding hydrogens is 248 g/mol. The fourth-order valence-electron chi connectivity index (χ4n) is 1.91. The van der Waals surface area contributed by atoms with Gasteiger partial charge in [0.1, 0.15) is 6.54 Å². The van der Waals surface area contributed by atoms with Crippen LogP contribution in [-0.2, 0) is 19.1 Å². The maximum absolute atomic E-state index is 12.1. The first kappa shape index (κ1) is 15.2. The Labute approximate surface area is 113 Å². The molecule has 0 aliphatic carbocycles. The Morgan fingerprint density at radius 3 is 2.79 bits per heavy atom. The molecule has 6 nitrogen and oxygen atoms in total. The fraction of sp³-hybridized carbons (Fsp3) is 0.615. The number of nitrogens with zero attached hydrogens (tertiary/aromatic N) is 2. The van der Waals surface area contributed by atoms with E-state index in [2.05, 4.69) is 6.58 Å². The number of esters is 1. The van der Waals surface area contributed by atoms with Crippen LogP contribution in [-0.4, -0.2) is 60.4 Å². The van der Waals surface area contributed by atoms with Crippen molar-refractivity contribution >= 4 is 17.8 Å². The van der Waals surface area contributed by atoms with Gasteiger partial charge in [-0.2, -0.15) is 0 Å². The largest absolute Gasteiger partial charge is 0.465 e. The third kappa shape index (κ3) is 4.73. The van der Waals surface area contributed by atoms with E-state index in [1.165, 1.54) is 9.80 Å². The second-order valence-corrected chi connectivity index (χ2v) is 4.29. The van der Waals surface area contributed by atoms with Crippen LogP contribution in [0.4, 0.5) is 0 Å². The maximum atomic E-state index is 12.1. The second kappa shape index (κ2) is 7.56. The van der Waals surface area contributed by atoms with Gasteiger partial charge >= 0.3 is 5.97 Å². The van der Waals surface area contributed by atoms with Gasteiger partial charge in [-0.3, -0.25) is 14.4 Å². The van der Waals surface area contributed by atoms with E-state index in [0.29, 0.717) is 13.0 Å². The Balaban J connectivity index is 2.54. The van der Waals surface area contributed by atoms with Crippen LogP contribution < -0.4 is 0 Å². The molecule has 0 unspecified atom stereocenters. The van der Waals surface area contributed by atoms with Gasteiger partial charge < -0.3 is 14.5 Å². The molecular formula is C13H20N2O4. The van der Waals surface area contributed by atoms with Gasteiger partial charge in [-0.25, -0.2) is 0 Å². The molecule has 2 amide bonds. The highest BCUT2D eigenvalue weighted by molar-refractivity contribution is 5.88. The molecule has 0 aromatic heterocycles. The monoisotopic (exact) mass is 268 g/mol. The molecule has 106 valence electrons. The minimum atomic E-state index is -0.453. The van der Waals surface area contributed by atoms with Crippen molar-refractivity contribution in [2.45, 2.75) is 19.8 Å². The first-order valence-electron chi connectivity index (χ1n) is 6.40. The highest BCUT2D eigenvalue weighted by Crippen LogP contribution is 2.09. The van der Waals surface area contributed by atoms with Crippen LogP contribution in [0.5, 0.6) is 0 Å². The highest BCUT2D eigenvalue weighted by Gasteiger charge is 2.25. The molecule has 19 heavy (non-hydrogen) atoms. The molecule has 1 rings (SSSR count). The third-order valence-corrected chi connectivity index (χ3v) is 2.82. The summed E-state index contributed by atoms with van der Waals surface area (Å²) in [5.41, 5.74) is 0. The van der Waals surface area contributed by atoms with Gasteiger partial charge in [0.2, 0.25) is 11.8 Å². The van der Waals surface area contributed by atoms with Crippen LogP contribution in [0.3, 0.4) is 0 Å². The summed E-state index contributed by atoms with van der Waals surface area (Å²) >= 11 is 0. The van der Waals surface area contributed by atoms with E-state index in [-0.39, 0.29) is 38.1 Å². The molecule has 1 aliphatic heterocycles. The molecule has 0 aromatic rings. The van der Waals surface area contributed by atoms with Crippen molar-refractivity contribution in [3.05, 3.63) is 12.7 Å². The molecule has 1 saturated heterocycles. The lowest BCUT2D eigenvalue weighted by molar-refractivity contribution is -0.149. The van der Waals surface area contributed by atoms with E-state index in [4.69, 9.17) is 4.74 Å².